The molecule has 0 bridgehead atoms. The van der Waals surface area contributed by atoms with Crippen LogP contribution >= 0.6 is 0 Å². The second-order valence-corrected chi connectivity index (χ2v) is 6.27. The molecule has 0 amide bonds. The molecule has 0 aliphatic carbocycles. The Balaban J connectivity index is 1.75. The highest BCUT2D eigenvalue weighted by atomic mass is 16.6. The monoisotopic (exact) mass is 359 g/mol. The molecule has 2 aromatic heterocycles. The van der Waals surface area contributed by atoms with Gasteiger partial charge in [-0.1, -0.05) is 0 Å². The van der Waals surface area contributed by atoms with Crippen LogP contribution in [0.4, 0.5) is 17.2 Å². The van der Waals surface area contributed by atoms with E-state index >= 15 is 0 Å². The second kappa shape index (κ2) is 7.77. The molecule has 1 aliphatic heterocycles. The average Bonchev–Trinajstić information content (AvgIpc) is 2.60. The maximum absolute atomic E-state index is 12.2. The van der Waals surface area contributed by atoms with Gasteiger partial charge in [0.05, 0.1) is 11.9 Å². The van der Waals surface area contributed by atoms with Gasteiger partial charge in [0.2, 0.25) is 0 Å². The number of piperazine rings is 1. The third kappa shape index (κ3) is 4.34. The summed E-state index contributed by atoms with van der Waals surface area (Å²) >= 11 is 0. The first-order valence-corrected chi connectivity index (χ1v) is 8.32. The van der Waals surface area contributed by atoms with Gasteiger partial charge in [0, 0.05) is 45.5 Å². The van der Waals surface area contributed by atoms with Crippen LogP contribution in [0.5, 0.6) is 5.75 Å². The molecule has 1 aliphatic rings. The quantitative estimate of drug-likeness (QED) is 0.621. The van der Waals surface area contributed by atoms with Gasteiger partial charge >= 0.3 is 7.32 Å². The van der Waals surface area contributed by atoms with Crippen molar-refractivity contribution in [2.75, 3.05) is 43.4 Å². The van der Waals surface area contributed by atoms with Gasteiger partial charge in [-0.25, -0.2) is 4.98 Å². The SMILES string of the molecule is CN1CCN(c2ccc(Nc3cc(OB(O)O)cn(C)c3=O)nc2)CC1. The minimum Gasteiger partial charge on any atom is -0.511 e. The van der Waals surface area contributed by atoms with E-state index in [4.69, 9.17) is 14.7 Å². The third-order valence-electron chi connectivity index (χ3n) is 4.28. The van der Waals surface area contributed by atoms with E-state index in [-0.39, 0.29) is 17.0 Å². The lowest BCUT2D eigenvalue weighted by Gasteiger charge is -2.33. The number of hydrogen-bond donors (Lipinski definition) is 3. The Hall–Kier alpha value is -2.56. The molecule has 0 aromatic carbocycles. The molecule has 0 unspecified atom stereocenters. The van der Waals surface area contributed by atoms with Crippen LogP contribution in [0.1, 0.15) is 0 Å². The van der Waals surface area contributed by atoms with Crippen molar-refractivity contribution in [1.29, 1.82) is 0 Å². The van der Waals surface area contributed by atoms with Crippen molar-refractivity contribution >= 4 is 24.5 Å². The lowest BCUT2D eigenvalue weighted by Crippen LogP contribution is -2.44. The summed E-state index contributed by atoms with van der Waals surface area (Å²) in [4.78, 5) is 21.2. The molecular weight excluding hydrogens is 337 g/mol. The first-order valence-electron chi connectivity index (χ1n) is 8.32. The lowest BCUT2D eigenvalue weighted by atomic mass is 10.2. The Kier molecular flexibility index (Phi) is 5.45. The number of aryl methyl sites for hydroxylation is 1. The van der Waals surface area contributed by atoms with Gasteiger partial charge in [0.25, 0.3) is 5.56 Å². The highest BCUT2D eigenvalue weighted by molar-refractivity contribution is 6.33. The van der Waals surface area contributed by atoms with Crippen molar-refractivity contribution in [2.45, 2.75) is 0 Å². The van der Waals surface area contributed by atoms with Crippen molar-refractivity contribution in [3.63, 3.8) is 0 Å². The fourth-order valence-electron chi connectivity index (χ4n) is 2.81. The summed E-state index contributed by atoms with van der Waals surface area (Å²) in [6, 6.07) is 5.17. The summed E-state index contributed by atoms with van der Waals surface area (Å²) in [7, 11) is 1.70. The van der Waals surface area contributed by atoms with Crippen LogP contribution in [0.2, 0.25) is 0 Å². The van der Waals surface area contributed by atoms with Crippen molar-refractivity contribution in [3.8, 4) is 5.75 Å². The number of anilines is 3. The molecule has 1 saturated heterocycles. The van der Waals surface area contributed by atoms with E-state index in [0.29, 0.717) is 5.82 Å². The van der Waals surface area contributed by atoms with Crippen LogP contribution in [-0.2, 0) is 7.05 Å². The number of hydrogen-bond acceptors (Lipinski definition) is 8. The van der Waals surface area contributed by atoms with E-state index in [2.05, 4.69) is 27.1 Å². The standard InChI is InChI=1S/C16H22BN5O4/c1-20-5-7-22(8-6-20)12-3-4-15(18-10-12)19-14-9-13(26-17(24)25)11-21(2)16(14)23/h3-4,9-11,24-25H,5-8H2,1-2H3,(H,18,19). The van der Waals surface area contributed by atoms with E-state index in [0.717, 1.165) is 31.9 Å². The second-order valence-electron chi connectivity index (χ2n) is 6.27. The van der Waals surface area contributed by atoms with E-state index < -0.39 is 7.32 Å². The number of pyridine rings is 2. The molecule has 10 heteroatoms. The molecule has 1 fully saturated rings. The number of nitrogens with one attached hydrogen (secondary N) is 1. The predicted octanol–water partition coefficient (Wildman–Crippen LogP) is -0.376. The van der Waals surface area contributed by atoms with Crippen molar-refractivity contribution in [1.82, 2.24) is 14.5 Å². The summed E-state index contributed by atoms with van der Waals surface area (Å²) < 4.78 is 6.11. The van der Waals surface area contributed by atoms with E-state index in [1.807, 2.05) is 12.1 Å². The fourth-order valence-corrected chi connectivity index (χ4v) is 2.81. The van der Waals surface area contributed by atoms with Crippen molar-refractivity contribution in [2.24, 2.45) is 7.05 Å². The first kappa shape index (κ1) is 18.2. The Bertz CT molecular complexity index is 803. The number of rotatable bonds is 5. The van der Waals surface area contributed by atoms with Gasteiger partial charge in [0.1, 0.15) is 17.3 Å². The molecule has 0 spiro atoms. The molecule has 0 radical (unpaired) electrons. The Morgan fingerprint density at radius 1 is 1.19 bits per heavy atom. The molecule has 0 atom stereocenters. The highest BCUT2D eigenvalue weighted by Crippen LogP contribution is 2.20. The van der Waals surface area contributed by atoms with Crippen LogP contribution in [0.3, 0.4) is 0 Å². The van der Waals surface area contributed by atoms with Crippen molar-refractivity contribution < 1.29 is 14.7 Å². The van der Waals surface area contributed by atoms with E-state index in [1.54, 1.807) is 13.2 Å². The summed E-state index contributed by atoms with van der Waals surface area (Å²) in [5, 5.41) is 20.8. The fraction of sp³-hybridized carbons (Fsp3) is 0.375. The zero-order valence-electron chi connectivity index (χ0n) is 14.8. The minimum absolute atomic E-state index is 0.152. The van der Waals surface area contributed by atoms with E-state index in [9.17, 15) is 4.79 Å². The summed E-state index contributed by atoms with van der Waals surface area (Å²) in [6.07, 6.45) is 3.15. The molecule has 3 N–H and O–H groups in total. The van der Waals surface area contributed by atoms with Crippen LogP contribution < -0.4 is 20.4 Å². The summed E-state index contributed by atoms with van der Waals surface area (Å²) in [5.74, 6) is 0.667. The normalized spacial score (nSPS) is 15.0. The summed E-state index contributed by atoms with van der Waals surface area (Å²) in [6.45, 7) is 3.93. The van der Waals surface area contributed by atoms with E-state index in [1.165, 1.54) is 16.8 Å². The van der Waals surface area contributed by atoms with Crippen LogP contribution in [0, 0.1) is 0 Å². The van der Waals surface area contributed by atoms with Gasteiger partial charge in [-0.15, -0.1) is 0 Å². The maximum atomic E-state index is 12.2. The zero-order chi connectivity index (χ0) is 18.7. The Labute approximate surface area is 151 Å². The average molecular weight is 359 g/mol. The Morgan fingerprint density at radius 2 is 1.92 bits per heavy atom. The molecule has 3 rings (SSSR count). The topological polar surface area (TPSA) is 103 Å². The maximum Gasteiger partial charge on any atom is 0.707 e. The van der Waals surface area contributed by atoms with Crippen molar-refractivity contribution in [3.05, 3.63) is 40.9 Å². The zero-order valence-corrected chi connectivity index (χ0v) is 14.8. The van der Waals surface area contributed by atoms with Crippen LogP contribution in [0.15, 0.2) is 35.4 Å². The number of likely N-dealkylation sites (N-methyl/N-ethyl adjacent to an activating group) is 1. The molecule has 2 aromatic rings. The molecule has 138 valence electrons. The van der Waals surface area contributed by atoms with Gasteiger partial charge in [-0.05, 0) is 19.2 Å². The van der Waals surface area contributed by atoms with Gasteiger partial charge in [-0.2, -0.15) is 0 Å². The van der Waals surface area contributed by atoms with Gasteiger partial charge in [0.15, 0.2) is 0 Å². The Morgan fingerprint density at radius 3 is 2.54 bits per heavy atom. The lowest BCUT2D eigenvalue weighted by molar-refractivity contribution is 0.287. The molecule has 9 nitrogen and oxygen atoms in total. The van der Waals surface area contributed by atoms with Crippen LogP contribution in [0.25, 0.3) is 0 Å². The number of aromatic nitrogens is 2. The first-order chi connectivity index (χ1) is 12.4. The third-order valence-corrected chi connectivity index (χ3v) is 4.28. The molecule has 3 heterocycles. The largest absolute Gasteiger partial charge is 0.707 e. The summed E-state index contributed by atoms with van der Waals surface area (Å²) in [5.41, 5.74) is 0.984. The smallest absolute Gasteiger partial charge is 0.511 e. The van der Waals surface area contributed by atoms with Crippen LogP contribution in [-0.4, -0.2) is 65.0 Å². The minimum atomic E-state index is -1.96. The number of nitrogens with zero attached hydrogens (tertiary/aromatic N) is 4. The predicted molar refractivity (Wildman–Crippen MR) is 99.7 cm³/mol. The highest BCUT2D eigenvalue weighted by Gasteiger charge is 2.16. The molecule has 0 saturated carbocycles. The molecule has 26 heavy (non-hydrogen) atoms. The van der Waals surface area contributed by atoms with Gasteiger partial charge < -0.3 is 34.4 Å². The molecular formula is C16H22BN5O4. The van der Waals surface area contributed by atoms with Gasteiger partial charge in [-0.3, -0.25) is 4.79 Å².